The maximum atomic E-state index is 13.8. The van der Waals surface area contributed by atoms with Crippen LogP contribution in [-0.2, 0) is 31.5 Å². The van der Waals surface area contributed by atoms with Crippen LogP contribution in [0.1, 0.15) is 76.3 Å². The van der Waals surface area contributed by atoms with E-state index >= 15 is 0 Å². The van der Waals surface area contributed by atoms with E-state index in [-0.39, 0.29) is 18.2 Å². The molecule has 12 heteroatoms. The minimum absolute atomic E-state index is 0.0249. The Morgan fingerprint density at radius 2 is 1.70 bits per heavy atom. The fourth-order valence-electron chi connectivity index (χ4n) is 5.44. The average molecular weight is 642 g/mol. The molecule has 43 heavy (non-hydrogen) atoms. The zero-order valence-electron chi connectivity index (χ0n) is 25.0. The third-order valence-corrected chi connectivity index (χ3v) is 9.56. The molecule has 4 rings (SSSR count). The van der Waals surface area contributed by atoms with Gasteiger partial charge in [-0.2, -0.15) is 13.2 Å². The van der Waals surface area contributed by atoms with Crippen LogP contribution in [0, 0.1) is 11.8 Å². The lowest BCUT2D eigenvalue weighted by Gasteiger charge is -2.39. The number of hydrogen-bond donors (Lipinski definition) is 1. The van der Waals surface area contributed by atoms with Crippen LogP contribution in [0.5, 0.6) is 0 Å². The van der Waals surface area contributed by atoms with Crippen molar-refractivity contribution < 1.29 is 31.7 Å². The molecule has 2 aliphatic rings. The Morgan fingerprint density at radius 1 is 1.07 bits per heavy atom. The van der Waals surface area contributed by atoms with E-state index in [2.05, 4.69) is 4.72 Å². The van der Waals surface area contributed by atoms with Crippen LogP contribution < -0.4 is 9.62 Å². The van der Waals surface area contributed by atoms with E-state index in [1.54, 1.807) is 29.2 Å². The predicted octanol–water partition coefficient (Wildman–Crippen LogP) is 6.45. The monoisotopic (exact) mass is 641 g/mol. The van der Waals surface area contributed by atoms with Crippen LogP contribution >= 0.6 is 11.6 Å². The summed E-state index contributed by atoms with van der Waals surface area (Å²) in [6.07, 6.45) is -4.78. The first-order chi connectivity index (χ1) is 20.0. The number of halogens is 4. The highest BCUT2D eigenvalue weighted by Crippen LogP contribution is 2.40. The number of cyclic esters (lactones) is 1. The summed E-state index contributed by atoms with van der Waals surface area (Å²) in [7, 11) is -1.51. The van der Waals surface area contributed by atoms with Crippen LogP contribution in [0.4, 0.5) is 18.9 Å². The van der Waals surface area contributed by atoms with Crippen LogP contribution in [0.3, 0.4) is 0 Å². The number of rotatable bonds is 8. The molecule has 2 saturated heterocycles. The second-order valence-electron chi connectivity index (χ2n) is 12.5. The second-order valence-corrected chi connectivity index (χ2v) is 15.0. The van der Waals surface area contributed by atoms with E-state index in [4.69, 9.17) is 16.3 Å². The standard InChI is InChI=1S/C31H39ClF3N3O4S/c1-19(2)16-25(36-43(41)30(3,4)5)23-17-21(31(33,34)35)8-11-26(23)37-12-14-38(15-13-37)29(40)24-18-27(39)42-28(24)20-6-9-22(32)10-7-20/h6-11,17,19,24-25,28,36H,12-16,18H2,1-5H3. The van der Waals surface area contributed by atoms with E-state index in [0.717, 1.165) is 12.1 Å². The summed E-state index contributed by atoms with van der Waals surface area (Å²) >= 11 is 6.00. The van der Waals surface area contributed by atoms with Crippen molar-refractivity contribution in [2.75, 3.05) is 31.1 Å². The molecule has 1 amide bonds. The average Bonchev–Trinajstić information content (AvgIpc) is 3.32. The smallest absolute Gasteiger partial charge is 0.416 e. The summed E-state index contributed by atoms with van der Waals surface area (Å²) in [5.41, 5.74) is 0.968. The van der Waals surface area contributed by atoms with Gasteiger partial charge in [0.2, 0.25) is 5.91 Å². The Balaban J connectivity index is 1.57. The number of nitrogens with zero attached hydrogens (tertiary/aromatic N) is 2. The molecule has 0 saturated carbocycles. The van der Waals surface area contributed by atoms with Gasteiger partial charge in [0.15, 0.2) is 0 Å². The first-order valence-electron chi connectivity index (χ1n) is 14.4. The molecule has 2 heterocycles. The molecule has 2 aromatic rings. The molecule has 236 valence electrons. The number of carbonyl (C=O) groups excluding carboxylic acids is 2. The van der Waals surface area contributed by atoms with Gasteiger partial charge >= 0.3 is 12.1 Å². The van der Waals surface area contributed by atoms with Gasteiger partial charge in [-0.3, -0.25) is 9.59 Å². The van der Waals surface area contributed by atoms with E-state index in [0.29, 0.717) is 54.4 Å². The number of alkyl halides is 3. The summed E-state index contributed by atoms with van der Waals surface area (Å²) < 4.78 is 62.6. The predicted molar refractivity (Wildman–Crippen MR) is 162 cm³/mol. The number of benzene rings is 2. The Labute approximate surface area is 258 Å². The van der Waals surface area contributed by atoms with Crippen molar-refractivity contribution in [2.45, 2.75) is 70.5 Å². The van der Waals surface area contributed by atoms with Gasteiger partial charge in [0.05, 0.1) is 33.6 Å². The van der Waals surface area contributed by atoms with E-state index < -0.39 is 51.5 Å². The maximum Gasteiger partial charge on any atom is 0.416 e. The van der Waals surface area contributed by atoms with Crippen molar-refractivity contribution in [2.24, 2.45) is 11.8 Å². The highest BCUT2D eigenvalue weighted by Gasteiger charge is 2.43. The summed E-state index contributed by atoms with van der Waals surface area (Å²) in [4.78, 5) is 29.5. The van der Waals surface area contributed by atoms with Gasteiger partial charge < -0.3 is 14.5 Å². The van der Waals surface area contributed by atoms with Gasteiger partial charge in [0.25, 0.3) is 0 Å². The normalized spacial score (nSPS) is 21.2. The molecule has 1 N–H and O–H groups in total. The molecule has 0 aliphatic carbocycles. The molecule has 2 aliphatic heterocycles. The highest BCUT2D eigenvalue weighted by atomic mass is 35.5. The fraction of sp³-hybridized carbons (Fsp3) is 0.548. The molecule has 0 bridgehead atoms. The molecule has 2 aromatic carbocycles. The minimum atomic E-state index is -4.54. The number of esters is 1. The van der Waals surface area contributed by atoms with E-state index in [9.17, 15) is 27.0 Å². The third kappa shape index (κ3) is 8.10. The first-order valence-corrected chi connectivity index (χ1v) is 15.9. The Morgan fingerprint density at radius 3 is 2.26 bits per heavy atom. The van der Waals surface area contributed by atoms with Gasteiger partial charge in [0.1, 0.15) is 6.10 Å². The highest BCUT2D eigenvalue weighted by molar-refractivity contribution is 7.84. The van der Waals surface area contributed by atoms with Crippen LogP contribution in [0.2, 0.25) is 5.02 Å². The van der Waals surface area contributed by atoms with E-state index in [1.807, 2.05) is 39.5 Å². The van der Waals surface area contributed by atoms with Gasteiger partial charge in [-0.1, -0.05) is 37.6 Å². The van der Waals surface area contributed by atoms with Crippen molar-refractivity contribution in [1.29, 1.82) is 0 Å². The van der Waals surface area contributed by atoms with Crippen LogP contribution in [0.15, 0.2) is 42.5 Å². The van der Waals surface area contributed by atoms with Crippen LogP contribution in [-0.4, -0.2) is 51.9 Å². The second kappa shape index (κ2) is 13.2. The maximum absolute atomic E-state index is 13.8. The van der Waals surface area contributed by atoms with Crippen molar-refractivity contribution in [3.63, 3.8) is 0 Å². The van der Waals surface area contributed by atoms with Gasteiger partial charge in [-0.25, -0.2) is 8.93 Å². The molecule has 7 nitrogen and oxygen atoms in total. The summed E-state index contributed by atoms with van der Waals surface area (Å²) in [5.74, 6) is -1.19. The largest absolute Gasteiger partial charge is 0.457 e. The number of hydrogen-bond acceptors (Lipinski definition) is 5. The van der Waals surface area contributed by atoms with Gasteiger partial charge in [0, 0.05) is 42.9 Å². The molecule has 0 aromatic heterocycles. The fourth-order valence-corrected chi connectivity index (χ4v) is 6.41. The molecule has 2 fully saturated rings. The Bertz CT molecular complexity index is 1340. The number of amides is 1. The molecular formula is C31H39ClF3N3O4S. The number of carbonyl (C=O) groups is 2. The zero-order valence-corrected chi connectivity index (χ0v) is 26.6. The first kappa shape index (κ1) is 33.3. The summed E-state index contributed by atoms with van der Waals surface area (Å²) in [5, 5.41) is 0.533. The number of nitrogens with one attached hydrogen (secondary N) is 1. The molecule has 4 atom stereocenters. The molecule has 0 radical (unpaired) electrons. The van der Waals surface area contributed by atoms with Crippen molar-refractivity contribution >= 4 is 40.2 Å². The lowest BCUT2D eigenvalue weighted by Crippen LogP contribution is -2.51. The summed E-state index contributed by atoms with van der Waals surface area (Å²) in [6.45, 7) is 10.8. The lowest BCUT2D eigenvalue weighted by atomic mass is 9.93. The minimum Gasteiger partial charge on any atom is -0.457 e. The number of ether oxygens (including phenoxy) is 1. The Hall–Kier alpha value is -2.63. The van der Waals surface area contributed by atoms with Gasteiger partial charge in [-0.05, 0) is 74.6 Å². The number of anilines is 1. The summed E-state index contributed by atoms with van der Waals surface area (Å²) in [6, 6.07) is 9.97. The molecule has 0 spiro atoms. The Kier molecular flexibility index (Phi) is 10.2. The number of piperazine rings is 1. The van der Waals surface area contributed by atoms with Crippen molar-refractivity contribution in [3.05, 3.63) is 64.2 Å². The molecule has 4 unspecified atom stereocenters. The quantitative estimate of drug-likeness (QED) is 0.335. The van der Waals surface area contributed by atoms with Crippen molar-refractivity contribution in [1.82, 2.24) is 9.62 Å². The zero-order chi connectivity index (χ0) is 31.7. The third-order valence-electron chi connectivity index (χ3n) is 7.70. The molecular weight excluding hydrogens is 603 g/mol. The van der Waals surface area contributed by atoms with E-state index in [1.165, 1.54) is 6.07 Å². The topological polar surface area (TPSA) is 79.0 Å². The SMILES string of the molecule is CC(C)CC(NS(=O)C(C)(C)C)c1cc(C(F)(F)F)ccc1N1CCN(C(=O)C2CC(=O)OC2c2ccc(Cl)cc2)CC1. The van der Waals surface area contributed by atoms with Crippen molar-refractivity contribution in [3.8, 4) is 0 Å². The van der Waals surface area contributed by atoms with Crippen LogP contribution in [0.25, 0.3) is 0 Å². The lowest BCUT2D eigenvalue weighted by molar-refractivity contribution is -0.142. The van der Waals surface area contributed by atoms with Gasteiger partial charge in [-0.15, -0.1) is 0 Å².